The molecule has 0 spiro atoms. The number of phenols is 1. The van der Waals surface area contributed by atoms with Crippen molar-refractivity contribution in [3.8, 4) is 5.75 Å². The quantitative estimate of drug-likeness (QED) is 0.871. The highest BCUT2D eigenvalue weighted by atomic mass is 16.3. The normalized spacial score (nSPS) is 14.4. The molecule has 3 heteroatoms. The third kappa shape index (κ3) is 2.64. The number of hydrogen-bond donors (Lipinski definition) is 1. The molecule has 2 aromatic carbocycles. The maximum atomic E-state index is 12.8. The summed E-state index contributed by atoms with van der Waals surface area (Å²) in [4.78, 5) is 14.6. The second-order valence-corrected chi connectivity index (χ2v) is 5.55. The number of carbonyl (C=O) groups excluding carboxylic acids is 1. The standard InChI is InChI=1S/C18H19NO2/c1-13-16(9-4-10-17(13)20)18(21)19-11-5-8-14-6-2-3-7-15(14)12-19/h2-4,6-7,9-10,20H,5,8,11-12H2,1H3. The number of aromatic hydroxyl groups is 1. The first kappa shape index (κ1) is 13.7. The van der Waals surface area contributed by atoms with Gasteiger partial charge in [0.2, 0.25) is 0 Å². The minimum atomic E-state index is 0.0000954. The van der Waals surface area contributed by atoms with Crippen molar-refractivity contribution in [1.29, 1.82) is 0 Å². The number of phenolic OH excluding ortho intramolecular Hbond substituents is 1. The Morgan fingerprint density at radius 1 is 1.10 bits per heavy atom. The van der Waals surface area contributed by atoms with E-state index in [2.05, 4.69) is 18.2 Å². The van der Waals surface area contributed by atoms with Gasteiger partial charge in [0.05, 0.1) is 0 Å². The van der Waals surface area contributed by atoms with E-state index >= 15 is 0 Å². The Balaban J connectivity index is 1.90. The summed E-state index contributed by atoms with van der Waals surface area (Å²) in [6.07, 6.45) is 1.99. The van der Waals surface area contributed by atoms with Gasteiger partial charge in [-0.25, -0.2) is 0 Å². The van der Waals surface area contributed by atoms with E-state index in [1.54, 1.807) is 25.1 Å². The molecule has 1 heterocycles. The average molecular weight is 281 g/mol. The van der Waals surface area contributed by atoms with Gasteiger partial charge in [0.1, 0.15) is 5.75 Å². The first-order valence-corrected chi connectivity index (χ1v) is 7.31. The number of nitrogens with zero attached hydrogens (tertiary/aromatic N) is 1. The van der Waals surface area contributed by atoms with Crippen LogP contribution in [-0.2, 0) is 13.0 Å². The Labute approximate surface area is 124 Å². The van der Waals surface area contributed by atoms with Crippen LogP contribution in [0.5, 0.6) is 5.75 Å². The van der Waals surface area contributed by atoms with Crippen molar-refractivity contribution in [1.82, 2.24) is 4.90 Å². The molecule has 0 radical (unpaired) electrons. The van der Waals surface area contributed by atoms with Gasteiger partial charge in [-0.15, -0.1) is 0 Å². The molecule has 21 heavy (non-hydrogen) atoms. The lowest BCUT2D eigenvalue weighted by molar-refractivity contribution is 0.0744. The van der Waals surface area contributed by atoms with E-state index in [4.69, 9.17) is 0 Å². The Bertz CT molecular complexity index is 679. The van der Waals surface area contributed by atoms with Crippen molar-refractivity contribution in [3.63, 3.8) is 0 Å². The second kappa shape index (κ2) is 5.60. The molecular weight excluding hydrogens is 262 g/mol. The Kier molecular flexibility index (Phi) is 3.65. The fraction of sp³-hybridized carbons (Fsp3) is 0.278. The lowest BCUT2D eigenvalue weighted by Gasteiger charge is -2.22. The average Bonchev–Trinajstić information content (AvgIpc) is 2.71. The zero-order chi connectivity index (χ0) is 14.8. The summed E-state index contributed by atoms with van der Waals surface area (Å²) in [5, 5.41) is 9.79. The fourth-order valence-corrected chi connectivity index (χ4v) is 2.90. The zero-order valence-electron chi connectivity index (χ0n) is 12.2. The summed E-state index contributed by atoms with van der Waals surface area (Å²) >= 11 is 0. The van der Waals surface area contributed by atoms with Crippen LogP contribution in [0.3, 0.4) is 0 Å². The summed E-state index contributed by atoms with van der Waals surface area (Å²) in [5.74, 6) is 0.177. The highest BCUT2D eigenvalue weighted by Gasteiger charge is 2.21. The molecule has 0 saturated carbocycles. The van der Waals surface area contributed by atoms with Crippen LogP contribution in [0.4, 0.5) is 0 Å². The smallest absolute Gasteiger partial charge is 0.254 e. The van der Waals surface area contributed by atoms with E-state index < -0.39 is 0 Å². The Morgan fingerprint density at radius 2 is 1.86 bits per heavy atom. The summed E-state index contributed by atoms with van der Waals surface area (Å²) in [5.41, 5.74) is 3.80. The Hall–Kier alpha value is -2.29. The first-order valence-electron chi connectivity index (χ1n) is 7.31. The van der Waals surface area contributed by atoms with Crippen molar-refractivity contribution in [2.45, 2.75) is 26.3 Å². The molecular formula is C18H19NO2. The van der Waals surface area contributed by atoms with Crippen LogP contribution >= 0.6 is 0 Å². The number of rotatable bonds is 1. The van der Waals surface area contributed by atoms with Crippen molar-refractivity contribution in [2.24, 2.45) is 0 Å². The van der Waals surface area contributed by atoms with Gasteiger partial charge in [-0.05, 0) is 43.0 Å². The molecule has 1 N–H and O–H groups in total. The third-order valence-electron chi connectivity index (χ3n) is 4.18. The van der Waals surface area contributed by atoms with Crippen molar-refractivity contribution >= 4 is 5.91 Å². The van der Waals surface area contributed by atoms with Gasteiger partial charge in [0.25, 0.3) is 5.91 Å². The molecule has 0 aliphatic carbocycles. The molecule has 1 aliphatic rings. The summed E-state index contributed by atoms with van der Waals surface area (Å²) < 4.78 is 0. The van der Waals surface area contributed by atoms with Crippen LogP contribution in [0, 0.1) is 6.92 Å². The van der Waals surface area contributed by atoms with E-state index in [0.717, 1.165) is 19.4 Å². The fourth-order valence-electron chi connectivity index (χ4n) is 2.90. The van der Waals surface area contributed by atoms with Crippen LogP contribution in [0.15, 0.2) is 42.5 Å². The van der Waals surface area contributed by atoms with Crippen LogP contribution in [-0.4, -0.2) is 22.5 Å². The molecule has 3 rings (SSSR count). The number of carbonyl (C=O) groups is 1. The maximum Gasteiger partial charge on any atom is 0.254 e. The van der Waals surface area contributed by atoms with Crippen molar-refractivity contribution < 1.29 is 9.90 Å². The molecule has 0 fully saturated rings. The zero-order valence-corrected chi connectivity index (χ0v) is 12.2. The molecule has 0 bridgehead atoms. The molecule has 1 aliphatic heterocycles. The monoisotopic (exact) mass is 281 g/mol. The maximum absolute atomic E-state index is 12.8. The van der Waals surface area contributed by atoms with Crippen molar-refractivity contribution in [3.05, 3.63) is 64.7 Å². The molecule has 108 valence electrons. The molecule has 0 unspecified atom stereocenters. The van der Waals surface area contributed by atoms with E-state index in [0.29, 0.717) is 17.7 Å². The first-order chi connectivity index (χ1) is 10.2. The number of benzene rings is 2. The lowest BCUT2D eigenvalue weighted by atomic mass is 10.0. The summed E-state index contributed by atoms with van der Waals surface area (Å²) in [7, 11) is 0. The van der Waals surface area contributed by atoms with Crippen LogP contribution in [0.2, 0.25) is 0 Å². The van der Waals surface area contributed by atoms with E-state index in [1.165, 1.54) is 11.1 Å². The molecule has 0 saturated heterocycles. The summed E-state index contributed by atoms with van der Waals surface area (Å²) in [6, 6.07) is 13.4. The molecule has 0 atom stereocenters. The highest BCUT2D eigenvalue weighted by Crippen LogP contribution is 2.24. The molecule has 1 amide bonds. The van der Waals surface area contributed by atoms with Crippen molar-refractivity contribution in [2.75, 3.05) is 6.54 Å². The summed E-state index contributed by atoms with van der Waals surface area (Å²) in [6.45, 7) is 3.18. The number of amides is 1. The van der Waals surface area contributed by atoms with Gasteiger partial charge < -0.3 is 10.0 Å². The van der Waals surface area contributed by atoms with Gasteiger partial charge in [0.15, 0.2) is 0 Å². The third-order valence-corrected chi connectivity index (χ3v) is 4.18. The predicted octanol–water partition coefficient (Wildman–Crippen LogP) is 3.29. The van der Waals surface area contributed by atoms with E-state index in [9.17, 15) is 9.90 Å². The second-order valence-electron chi connectivity index (χ2n) is 5.55. The minimum absolute atomic E-state index is 0.0000954. The topological polar surface area (TPSA) is 40.5 Å². The van der Waals surface area contributed by atoms with Gasteiger partial charge in [-0.1, -0.05) is 30.3 Å². The van der Waals surface area contributed by atoms with E-state index in [-0.39, 0.29) is 11.7 Å². The van der Waals surface area contributed by atoms with E-state index in [1.807, 2.05) is 11.0 Å². The van der Waals surface area contributed by atoms with Gasteiger partial charge in [-0.3, -0.25) is 4.79 Å². The molecule has 0 aromatic heterocycles. The van der Waals surface area contributed by atoms with Crippen LogP contribution in [0.25, 0.3) is 0 Å². The van der Waals surface area contributed by atoms with Crippen LogP contribution in [0.1, 0.15) is 33.5 Å². The highest BCUT2D eigenvalue weighted by molar-refractivity contribution is 5.96. The Morgan fingerprint density at radius 3 is 2.67 bits per heavy atom. The molecule has 2 aromatic rings. The van der Waals surface area contributed by atoms with Gasteiger partial charge in [0, 0.05) is 24.2 Å². The number of aryl methyl sites for hydroxylation is 1. The number of hydrogen-bond acceptors (Lipinski definition) is 2. The van der Waals surface area contributed by atoms with Gasteiger partial charge in [-0.2, -0.15) is 0 Å². The van der Waals surface area contributed by atoms with Crippen LogP contribution < -0.4 is 0 Å². The van der Waals surface area contributed by atoms with Gasteiger partial charge >= 0.3 is 0 Å². The predicted molar refractivity (Wildman–Crippen MR) is 82.3 cm³/mol. The number of fused-ring (bicyclic) bond motifs is 1. The SMILES string of the molecule is Cc1c(O)cccc1C(=O)N1CCCc2ccccc2C1. The lowest BCUT2D eigenvalue weighted by Crippen LogP contribution is -2.31. The molecule has 3 nitrogen and oxygen atoms in total. The largest absolute Gasteiger partial charge is 0.508 e. The minimum Gasteiger partial charge on any atom is -0.508 e.